The zero-order chi connectivity index (χ0) is 11.4. The van der Waals surface area contributed by atoms with E-state index in [0.717, 1.165) is 11.5 Å². The zero-order valence-electron chi connectivity index (χ0n) is 9.95. The quantitative estimate of drug-likeness (QED) is 0.818. The van der Waals surface area contributed by atoms with Crippen LogP contribution in [0.5, 0.6) is 0 Å². The fourth-order valence-electron chi connectivity index (χ4n) is 2.35. The standard InChI is InChI=1S/C14H21NO/c1-11-2-6-13(7-3-11)15-14-8-4-12(10-16)5-9-14/h4-5,8-9,11,13,15-16H,2-3,6-7,10H2,1H3. The summed E-state index contributed by atoms with van der Waals surface area (Å²) in [6.45, 7) is 2.47. The molecule has 0 heterocycles. The Labute approximate surface area is 97.7 Å². The molecule has 0 radical (unpaired) electrons. The zero-order valence-corrected chi connectivity index (χ0v) is 9.95. The number of aliphatic hydroxyl groups excluding tert-OH is 1. The van der Waals surface area contributed by atoms with Crippen LogP contribution in [0.2, 0.25) is 0 Å². The van der Waals surface area contributed by atoms with E-state index in [1.807, 2.05) is 12.1 Å². The highest BCUT2D eigenvalue weighted by molar-refractivity contribution is 5.45. The average Bonchev–Trinajstić information content (AvgIpc) is 2.33. The van der Waals surface area contributed by atoms with Crippen LogP contribution in [0, 0.1) is 5.92 Å². The molecule has 1 aromatic carbocycles. The minimum absolute atomic E-state index is 0.126. The summed E-state index contributed by atoms with van der Waals surface area (Å²) in [7, 11) is 0. The minimum Gasteiger partial charge on any atom is -0.392 e. The number of nitrogens with one attached hydrogen (secondary N) is 1. The van der Waals surface area contributed by atoms with Gasteiger partial charge in [0.25, 0.3) is 0 Å². The fourth-order valence-corrected chi connectivity index (χ4v) is 2.35. The molecule has 88 valence electrons. The summed E-state index contributed by atoms with van der Waals surface area (Å²) in [5.74, 6) is 0.898. The maximum Gasteiger partial charge on any atom is 0.0681 e. The third kappa shape index (κ3) is 2.99. The lowest BCUT2D eigenvalue weighted by atomic mass is 9.87. The van der Waals surface area contributed by atoms with Crippen molar-refractivity contribution in [3.63, 3.8) is 0 Å². The van der Waals surface area contributed by atoms with Crippen LogP contribution >= 0.6 is 0 Å². The van der Waals surface area contributed by atoms with Crippen molar-refractivity contribution in [2.45, 2.75) is 45.3 Å². The van der Waals surface area contributed by atoms with Gasteiger partial charge in [-0.2, -0.15) is 0 Å². The molecular weight excluding hydrogens is 198 g/mol. The smallest absolute Gasteiger partial charge is 0.0681 e. The first-order chi connectivity index (χ1) is 7.78. The van der Waals surface area contributed by atoms with Gasteiger partial charge in [0.2, 0.25) is 0 Å². The molecule has 0 amide bonds. The first-order valence-electron chi connectivity index (χ1n) is 6.24. The van der Waals surface area contributed by atoms with Crippen LogP contribution in [0.4, 0.5) is 5.69 Å². The van der Waals surface area contributed by atoms with Gasteiger partial charge in [-0.3, -0.25) is 0 Å². The van der Waals surface area contributed by atoms with Gasteiger partial charge >= 0.3 is 0 Å². The monoisotopic (exact) mass is 219 g/mol. The van der Waals surface area contributed by atoms with Crippen LogP contribution in [0.15, 0.2) is 24.3 Å². The van der Waals surface area contributed by atoms with Gasteiger partial charge in [0, 0.05) is 11.7 Å². The average molecular weight is 219 g/mol. The van der Waals surface area contributed by atoms with E-state index in [4.69, 9.17) is 5.11 Å². The van der Waals surface area contributed by atoms with Gasteiger partial charge in [-0.1, -0.05) is 19.1 Å². The van der Waals surface area contributed by atoms with Gasteiger partial charge in [0.15, 0.2) is 0 Å². The van der Waals surface area contributed by atoms with Crippen molar-refractivity contribution in [1.82, 2.24) is 0 Å². The Morgan fingerprint density at radius 1 is 1.12 bits per heavy atom. The Balaban J connectivity index is 1.88. The fraction of sp³-hybridized carbons (Fsp3) is 0.571. The Morgan fingerprint density at radius 2 is 1.75 bits per heavy atom. The van der Waals surface area contributed by atoms with Crippen molar-refractivity contribution in [3.8, 4) is 0 Å². The van der Waals surface area contributed by atoms with Crippen LogP contribution in [-0.2, 0) is 6.61 Å². The maximum absolute atomic E-state index is 8.96. The second-order valence-electron chi connectivity index (χ2n) is 4.96. The number of rotatable bonds is 3. The van der Waals surface area contributed by atoms with Crippen molar-refractivity contribution in [3.05, 3.63) is 29.8 Å². The van der Waals surface area contributed by atoms with E-state index < -0.39 is 0 Å². The highest BCUT2D eigenvalue weighted by Gasteiger charge is 2.17. The Hall–Kier alpha value is -1.02. The Morgan fingerprint density at radius 3 is 2.31 bits per heavy atom. The molecule has 2 rings (SSSR count). The normalized spacial score (nSPS) is 25.4. The predicted octanol–water partition coefficient (Wildman–Crippen LogP) is 3.17. The van der Waals surface area contributed by atoms with E-state index in [-0.39, 0.29) is 6.61 Å². The lowest BCUT2D eigenvalue weighted by molar-refractivity contribution is 0.282. The summed E-state index contributed by atoms with van der Waals surface area (Å²) < 4.78 is 0. The number of aliphatic hydroxyl groups is 1. The van der Waals surface area contributed by atoms with E-state index in [0.29, 0.717) is 6.04 Å². The third-order valence-electron chi connectivity index (χ3n) is 3.52. The molecule has 1 aromatic rings. The largest absolute Gasteiger partial charge is 0.392 e. The van der Waals surface area contributed by atoms with Crippen molar-refractivity contribution >= 4 is 5.69 Å². The third-order valence-corrected chi connectivity index (χ3v) is 3.52. The first kappa shape index (κ1) is 11.5. The van der Waals surface area contributed by atoms with E-state index in [1.165, 1.54) is 31.4 Å². The maximum atomic E-state index is 8.96. The molecule has 0 saturated heterocycles. The van der Waals surface area contributed by atoms with Crippen LogP contribution in [-0.4, -0.2) is 11.1 Å². The van der Waals surface area contributed by atoms with Gasteiger partial charge < -0.3 is 10.4 Å². The molecule has 0 aromatic heterocycles. The van der Waals surface area contributed by atoms with Gasteiger partial charge in [-0.25, -0.2) is 0 Å². The van der Waals surface area contributed by atoms with Crippen molar-refractivity contribution < 1.29 is 5.11 Å². The van der Waals surface area contributed by atoms with Gasteiger partial charge in [-0.05, 0) is 49.3 Å². The predicted molar refractivity (Wildman–Crippen MR) is 67.4 cm³/mol. The first-order valence-corrected chi connectivity index (χ1v) is 6.24. The number of anilines is 1. The summed E-state index contributed by atoms with van der Waals surface area (Å²) in [6.07, 6.45) is 5.24. The van der Waals surface area contributed by atoms with Crippen LogP contribution in [0.3, 0.4) is 0 Å². The van der Waals surface area contributed by atoms with Gasteiger partial charge in [0.05, 0.1) is 6.61 Å². The second-order valence-corrected chi connectivity index (χ2v) is 4.96. The highest BCUT2D eigenvalue weighted by Crippen LogP contribution is 2.26. The van der Waals surface area contributed by atoms with Gasteiger partial charge in [0.1, 0.15) is 0 Å². The van der Waals surface area contributed by atoms with E-state index in [1.54, 1.807) is 0 Å². The summed E-state index contributed by atoms with van der Waals surface area (Å²) in [5, 5.41) is 12.5. The molecule has 16 heavy (non-hydrogen) atoms. The summed E-state index contributed by atoms with van der Waals surface area (Å²) in [6, 6.07) is 8.71. The summed E-state index contributed by atoms with van der Waals surface area (Å²) in [5.41, 5.74) is 2.15. The Kier molecular flexibility index (Phi) is 3.83. The molecule has 0 unspecified atom stereocenters. The van der Waals surface area contributed by atoms with E-state index in [9.17, 15) is 0 Å². The molecule has 0 bridgehead atoms. The second kappa shape index (κ2) is 5.35. The summed E-state index contributed by atoms with van der Waals surface area (Å²) >= 11 is 0. The highest BCUT2D eigenvalue weighted by atomic mass is 16.3. The molecule has 2 N–H and O–H groups in total. The number of benzene rings is 1. The van der Waals surface area contributed by atoms with Crippen molar-refractivity contribution in [1.29, 1.82) is 0 Å². The van der Waals surface area contributed by atoms with Crippen molar-refractivity contribution in [2.24, 2.45) is 5.92 Å². The molecule has 0 spiro atoms. The number of hydrogen-bond donors (Lipinski definition) is 2. The van der Waals surface area contributed by atoms with Crippen molar-refractivity contribution in [2.75, 3.05) is 5.32 Å². The van der Waals surface area contributed by atoms with E-state index in [2.05, 4.69) is 24.4 Å². The molecule has 0 atom stereocenters. The molecule has 1 saturated carbocycles. The van der Waals surface area contributed by atoms with Crippen LogP contribution < -0.4 is 5.32 Å². The Bertz CT molecular complexity index is 312. The lowest BCUT2D eigenvalue weighted by Crippen LogP contribution is -2.25. The summed E-state index contributed by atoms with van der Waals surface area (Å²) in [4.78, 5) is 0. The van der Waals surface area contributed by atoms with Crippen LogP contribution in [0.25, 0.3) is 0 Å². The van der Waals surface area contributed by atoms with E-state index >= 15 is 0 Å². The molecule has 2 heteroatoms. The topological polar surface area (TPSA) is 32.3 Å². The molecule has 1 fully saturated rings. The minimum atomic E-state index is 0.126. The molecule has 1 aliphatic rings. The molecule has 0 aliphatic heterocycles. The van der Waals surface area contributed by atoms with Crippen LogP contribution in [0.1, 0.15) is 38.2 Å². The molecule has 1 aliphatic carbocycles. The molecular formula is C14H21NO. The lowest BCUT2D eigenvalue weighted by Gasteiger charge is -2.27. The van der Waals surface area contributed by atoms with Gasteiger partial charge in [-0.15, -0.1) is 0 Å². The number of hydrogen-bond acceptors (Lipinski definition) is 2. The molecule has 2 nitrogen and oxygen atoms in total. The SMILES string of the molecule is CC1CCC(Nc2ccc(CO)cc2)CC1.